The highest BCUT2D eigenvalue weighted by Gasteiger charge is 2.11. The number of ether oxygens (including phenoxy) is 1. The van der Waals surface area contributed by atoms with Gasteiger partial charge >= 0.3 is 0 Å². The van der Waals surface area contributed by atoms with Crippen LogP contribution < -0.4 is 15.8 Å². The van der Waals surface area contributed by atoms with Gasteiger partial charge in [0.2, 0.25) is 5.91 Å². The van der Waals surface area contributed by atoms with E-state index in [0.29, 0.717) is 23.8 Å². The Morgan fingerprint density at radius 2 is 2.12 bits per heavy atom. The van der Waals surface area contributed by atoms with Gasteiger partial charge in [0.25, 0.3) is 0 Å². The number of Topliss-reactive ketones (excluding diaryl/α,β-unsaturated/α-hetero) is 1. The molecule has 0 saturated heterocycles. The highest BCUT2D eigenvalue weighted by atomic mass is 32.1. The Morgan fingerprint density at radius 3 is 2.75 bits per heavy atom. The molecule has 6 nitrogen and oxygen atoms in total. The maximum Gasteiger partial charge on any atom is 0.220 e. The molecule has 1 amide bonds. The van der Waals surface area contributed by atoms with Gasteiger partial charge in [-0.15, -0.1) is 11.3 Å². The Morgan fingerprint density at radius 1 is 1.33 bits per heavy atom. The molecule has 0 radical (unpaired) electrons. The molecule has 7 heteroatoms. The van der Waals surface area contributed by atoms with E-state index in [4.69, 9.17) is 10.5 Å². The third-order valence-electron chi connectivity index (χ3n) is 3.41. The van der Waals surface area contributed by atoms with E-state index in [1.807, 2.05) is 13.8 Å². The molecule has 1 heterocycles. The first-order chi connectivity index (χ1) is 11.5. The number of hydrogen-bond donors (Lipinski definition) is 2. The summed E-state index contributed by atoms with van der Waals surface area (Å²) in [5, 5.41) is 5.00. The van der Waals surface area contributed by atoms with E-state index in [1.54, 1.807) is 23.6 Å². The first-order valence-corrected chi connectivity index (χ1v) is 8.60. The number of aromatic nitrogens is 1. The number of carbonyl (C=O) groups is 2. The van der Waals surface area contributed by atoms with E-state index in [-0.39, 0.29) is 24.5 Å². The minimum absolute atomic E-state index is 0.0609. The highest BCUT2D eigenvalue weighted by Crippen LogP contribution is 2.20. The Bertz CT molecular complexity index is 728. The second kappa shape index (κ2) is 8.44. The van der Waals surface area contributed by atoms with Crippen LogP contribution in [0.25, 0.3) is 0 Å². The lowest BCUT2D eigenvalue weighted by Crippen LogP contribution is -2.23. The number of nitrogens with zero attached hydrogens (tertiary/aromatic N) is 1. The second-order valence-electron chi connectivity index (χ2n) is 5.29. The Labute approximate surface area is 145 Å². The zero-order valence-corrected chi connectivity index (χ0v) is 14.6. The standard InChI is InChI=1S/C17H21N3O3S/c1-3-23-15-6-4-12(8-11(15)2)14(21)5-7-16(22)19-9-13-10-24-17(18)20-13/h4,6,8,10H,3,5,7,9H2,1-2H3,(H2,18,20)(H,19,22). The minimum atomic E-state index is -0.183. The molecular weight excluding hydrogens is 326 g/mol. The van der Waals surface area contributed by atoms with E-state index in [0.717, 1.165) is 17.0 Å². The van der Waals surface area contributed by atoms with Gasteiger partial charge in [-0.1, -0.05) is 0 Å². The van der Waals surface area contributed by atoms with Crippen LogP contribution in [0.15, 0.2) is 23.6 Å². The molecule has 128 valence electrons. The molecular formula is C17H21N3O3S. The van der Waals surface area contributed by atoms with Crippen LogP contribution in [-0.2, 0) is 11.3 Å². The zero-order chi connectivity index (χ0) is 17.5. The maximum atomic E-state index is 12.2. The zero-order valence-electron chi connectivity index (χ0n) is 13.8. The van der Waals surface area contributed by atoms with Crippen LogP contribution in [0.1, 0.15) is 41.4 Å². The molecule has 0 spiro atoms. The number of benzene rings is 1. The van der Waals surface area contributed by atoms with Crippen LogP contribution >= 0.6 is 11.3 Å². The van der Waals surface area contributed by atoms with Crippen LogP contribution in [0.4, 0.5) is 5.13 Å². The van der Waals surface area contributed by atoms with Crippen molar-refractivity contribution in [1.82, 2.24) is 10.3 Å². The maximum absolute atomic E-state index is 12.2. The van der Waals surface area contributed by atoms with Gasteiger partial charge in [0.15, 0.2) is 10.9 Å². The van der Waals surface area contributed by atoms with Crippen LogP contribution in [0.3, 0.4) is 0 Å². The van der Waals surface area contributed by atoms with Crippen molar-refractivity contribution in [2.45, 2.75) is 33.2 Å². The number of ketones is 1. The number of aryl methyl sites for hydroxylation is 1. The Kier molecular flexibility index (Phi) is 6.31. The molecule has 0 unspecified atom stereocenters. The van der Waals surface area contributed by atoms with Gasteiger partial charge in [-0.2, -0.15) is 0 Å². The number of nitrogens with two attached hydrogens (primary N) is 1. The van der Waals surface area contributed by atoms with Crippen LogP contribution in [0, 0.1) is 6.92 Å². The van der Waals surface area contributed by atoms with Crippen LogP contribution in [0.5, 0.6) is 5.75 Å². The van der Waals surface area contributed by atoms with E-state index >= 15 is 0 Å². The second-order valence-corrected chi connectivity index (χ2v) is 6.18. The third-order valence-corrected chi connectivity index (χ3v) is 4.13. The number of rotatable bonds is 8. The van der Waals surface area contributed by atoms with Crippen molar-refractivity contribution in [2.75, 3.05) is 12.3 Å². The van der Waals surface area contributed by atoms with Crippen molar-refractivity contribution >= 4 is 28.2 Å². The monoisotopic (exact) mass is 347 g/mol. The van der Waals surface area contributed by atoms with Gasteiger partial charge in [-0.25, -0.2) is 4.98 Å². The van der Waals surface area contributed by atoms with Crippen LogP contribution in [-0.4, -0.2) is 23.3 Å². The van der Waals surface area contributed by atoms with Crippen molar-refractivity contribution in [3.05, 3.63) is 40.4 Å². The Balaban J connectivity index is 1.81. The lowest BCUT2D eigenvalue weighted by atomic mass is 10.0. The van der Waals surface area contributed by atoms with E-state index < -0.39 is 0 Å². The molecule has 0 aliphatic carbocycles. The van der Waals surface area contributed by atoms with E-state index in [1.165, 1.54) is 11.3 Å². The molecule has 1 aromatic heterocycles. The first kappa shape index (κ1) is 17.9. The molecule has 2 aromatic rings. The number of nitrogens with one attached hydrogen (secondary N) is 1. The number of anilines is 1. The molecule has 0 bridgehead atoms. The van der Waals surface area contributed by atoms with Gasteiger partial charge in [-0.05, 0) is 37.6 Å². The van der Waals surface area contributed by atoms with Gasteiger partial charge < -0.3 is 15.8 Å². The van der Waals surface area contributed by atoms with Crippen molar-refractivity contribution in [2.24, 2.45) is 0 Å². The minimum Gasteiger partial charge on any atom is -0.494 e. The summed E-state index contributed by atoms with van der Waals surface area (Å²) in [7, 11) is 0. The van der Waals surface area contributed by atoms with Crippen molar-refractivity contribution in [3.63, 3.8) is 0 Å². The summed E-state index contributed by atoms with van der Waals surface area (Å²) in [6, 6.07) is 5.32. The molecule has 0 aliphatic heterocycles. The predicted octanol–water partition coefficient (Wildman–Crippen LogP) is 2.71. The average molecular weight is 347 g/mol. The summed E-state index contributed by atoms with van der Waals surface area (Å²) in [4.78, 5) is 28.1. The molecule has 2 rings (SSSR count). The topological polar surface area (TPSA) is 94.3 Å². The van der Waals surface area contributed by atoms with Gasteiger partial charge in [0.05, 0.1) is 18.8 Å². The number of carbonyl (C=O) groups excluding carboxylic acids is 2. The number of amides is 1. The third kappa shape index (κ3) is 5.06. The predicted molar refractivity (Wildman–Crippen MR) is 94.3 cm³/mol. The highest BCUT2D eigenvalue weighted by molar-refractivity contribution is 7.13. The fourth-order valence-corrected chi connectivity index (χ4v) is 2.76. The van der Waals surface area contributed by atoms with Gasteiger partial charge in [0.1, 0.15) is 5.75 Å². The van der Waals surface area contributed by atoms with Gasteiger partial charge in [-0.3, -0.25) is 9.59 Å². The van der Waals surface area contributed by atoms with Crippen molar-refractivity contribution in [3.8, 4) is 5.75 Å². The summed E-state index contributed by atoms with van der Waals surface area (Å²) in [6.07, 6.45) is 0.309. The fourth-order valence-electron chi connectivity index (χ4n) is 2.19. The molecule has 0 aliphatic rings. The summed E-state index contributed by atoms with van der Waals surface area (Å²) >= 11 is 1.33. The molecule has 24 heavy (non-hydrogen) atoms. The van der Waals surface area contributed by atoms with Crippen molar-refractivity contribution in [1.29, 1.82) is 0 Å². The molecule has 0 fully saturated rings. The Hall–Kier alpha value is -2.41. The lowest BCUT2D eigenvalue weighted by molar-refractivity contribution is -0.121. The smallest absolute Gasteiger partial charge is 0.220 e. The molecule has 0 saturated carbocycles. The summed E-state index contributed by atoms with van der Waals surface area (Å²) in [5.74, 6) is 0.529. The summed E-state index contributed by atoms with van der Waals surface area (Å²) in [6.45, 7) is 4.72. The fraction of sp³-hybridized carbons (Fsp3) is 0.353. The van der Waals surface area contributed by atoms with Crippen LogP contribution in [0.2, 0.25) is 0 Å². The first-order valence-electron chi connectivity index (χ1n) is 7.72. The van der Waals surface area contributed by atoms with E-state index in [2.05, 4.69) is 10.3 Å². The molecule has 1 aromatic carbocycles. The molecule has 0 atom stereocenters. The number of thiazole rings is 1. The lowest BCUT2D eigenvalue weighted by Gasteiger charge is -2.08. The quantitative estimate of drug-likeness (QED) is 0.716. The average Bonchev–Trinajstić information content (AvgIpc) is 2.98. The molecule has 3 N–H and O–H groups in total. The number of hydrogen-bond acceptors (Lipinski definition) is 6. The summed E-state index contributed by atoms with van der Waals surface area (Å²) < 4.78 is 5.46. The largest absolute Gasteiger partial charge is 0.494 e. The summed E-state index contributed by atoms with van der Waals surface area (Å²) in [5.41, 5.74) is 7.76. The van der Waals surface area contributed by atoms with Crippen molar-refractivity contribution < 1.29 is 14.3 Å². The van der Waals surface area contributed by atoms with E-state index in [9.17, 15) is 9.59 Å². The SMILES string of the molecule is CCOc1ccc(C(=O)CCC(=O)NCc2csc(N)n2)cc1C. The van der Waals surface area contributed by atoms with Gasteiger partial charge in [0, 0.05) is 23.8 Å². The number of nitrogen functional groups attached to an aromatic ring is 1. The normalized spacial score (nSPS) is 10.4.